The molecule has 0 aliphatic heterocycles. The van der Waals surface area contributed by atoms with Gasteiger partial charge in [-0.2, -0.15) is 0 Å². The van der Waals surface area contributed by atoms with Gasteiger partial charge in [-0.1, -0.05) is 30.3 Å². The highest BCUT2D eigenvalue weighted by molar-refractivity contribution is 7.80. The summed E-state index contributed by atoms with van der Waals surface area (Å²) in [7, 11) is 0. The Balaban J connectivity index is 1.41. The molecule has 0 bridgehead atoms. The lowest BCUT2D eigenvalue weighted by Crippen LogP contribution is -2.32. The van der Waals surface area contributed by atoms with E-state index in [2.05, 4.69) is 15.6 Å². The van der Waals surface area contributed by atoms with Crippen molar-refractivity contribution in [3.05, 3.63) is 94.0 Å². The van der Waals surface area contributed by atoms with Crippen LogP contribution in [0.15, 0.2) is 77.2 Å². The van der Waals surface area contributed by atoms with Crippen molar-refractivity contribution in [2.75, 3.05) is 5.32 Å². The van der Waals surface area contributed by atoms with E-state index in [1.165, 1.54) is 24.3 Å². The number of nitrogens with one attached hydrogen (secondary N) is 2. The molecular formula is C24H18N4O4S. The number of oxazole rings is 1. The number of hydrogen-bond acceptors (Lipinski definition) is 6. The van der Waals surface area contributed by atoms with E-state index < -0.39 is 10.8 Å². The van der Waals surface area contributed by atoms with Gasteiger partial charge < -0.3 is 9.73 Å². The van der Waals surface area contributed by atoms with E-state index in [9.17, 15) is 14.9 Å². The number of amides is 1. The number of hydrogen-bond donors (Lipinski definition) is 2. The first-order valence-corrected chi connectivity index (χ1v) is 10.3. The molecule has 0 spiro atoms. The molecule has 2 N–H and O–H groups in total. The minimum Gasteiger partial charge on any atom is -0.436 e. The Morgan fingerprint density at radius 3 is 2.73 bits per heavy atom. The summed E-state index contributed by atoms with van der Waals surface area (Å²) in [6.45, 7) is 1.99. The Morgan fingerprint density at radius 1 is 1.12 bits per heavy atom. The first kappa shape index (κ1) is 21.8. The van der Waals surface area contributed by atoms with Crippen LogP contribution in [0.3, 0.4) is 0 Å². The molecule has 3 aromatic carbocycles. The van der Waals surface area contributed by atoms with E-state index in [1.54, 1.807) is 30.3 Å². The zero-order valence-electron chi connectivity index (χ0n) is 17.4. The van der Waals surface area contributed by atoms with Crippen LogP contribution in [0, 0.1) is 17.0 Å². The van der Waals surface area contributed by atoms with Gasteiger partial charge in [0.2, 0.25) is 11.8 Å². The number of thiocarbonyl (C=S) groups is 1. The molecule has 0 fully saturated rings. The van der Waals surface area contributed by atoms with Gasteiger partial charge in [-0.25, -0.2) is 4.98 Å². The van der Waals surface area contributed by atoms with E-state index >= 15 is 0 Å². The summed E-state index contributed by atoms with van der Waals surface area (Å²) in [4.78, 5) is 27.1. The fourth-order valence-corrected chi connectivity index (χ4v) is 3.38. The van der Waals surface area contributed by atoms with Crippen LogP contribution >= 0.6 is 12.2 Å². The number of anilines is 1. The van der Waals surface area contributed by atoms with Crippen molar-refractivity contribution in [2.45, 2.75) is 6.92 Å². The van der Waals surface area contributed by atoms with Gasteiger partial charge in [-0.05, 0) is 60.6 Å². The summed E-state index contributed by atoms with van der Waals surface area (Å²) < 4.78 is 5.86. The van der Waals surface area contributed by atoms with Gasteiger partial charge in [0.05, 0.1) is 4.92 Å². The predicted octanol–water partition coefficient (Wildman–Crippen LogP) is 5.24. The maximum absolute atomic E-state index is 12.2. The van der Waals surface area contributed by atoms with Gasteiger partial charge in [-0.3, -0.25) is 20.2 Å². The molecule has 4 rings (SSSR count). The van der Waals surface area contributed by atoms with Crippen molar-refractivity contribution < 1.29 is 14.1 Å². The number of carbonyl (C=O) groups excluding carboxylic acids is 1. The largest absolute Gasteiger partial charge is 0.436 e. The number of nitro benzene ring substituents is 1. The molecule has 0 unspecified atom stereocenters. The van der Waals surface area contributed by atoms with Crippen LogP contribution in [0.1, 0.15) is 11.1 Å². The number of fused-ring (bicyclic) bond motifs is 1. The van der Waals surface area contributed by atoms with Crippen molar-refractivity contribution in [3.63, 3.8) is 0 Å². The molecule has 0 saturated heterocycles. The van der Waals surface area contributed by atoms with Gasteiger partial charge in [0.15, 0.2) is 10.7 Å². The van der Waals surface area contributed by atoms with Crippen LogP contribution in [-0.2, 0) is 4.79 Å². The first-order chi connectivity index (χ1) is 15.9. The first-order valence-electron chi connectivity index (χ1n) is 9.90. The summed E-state index contributed by atoms with van der Waals surface area (Å²) in [5, 5.41) is 16.4. The standard InChI is InChI=1S/C24H18N4O4S/c1-15-5-2-3-8-19(15)23-26-20-14-17(10-11-21(20)32-23)25-24(33)27-22(29)12-9-16-6-4-7-18(13-16)28(30)31/h2-14H,1H3,(H2,25,27,29,33)/b12-9+. The quantitative estimate of drug-likeness (QED) is 0.182. The number of aromatic nitrogens is 1. The summed E-state index contributed by atoms with van der Waals surface area (Å²) in [5.74, 6) is 0.0609. The Kier molecular flexibility index (Phi) is 6.23. The van der Waals surface area contributed by atoms with Crippen molar-refractivity contribution in [2.24, 2.45) is 0 Å². The van der Waals surface area contributed by atoms with Crippen molar-refractivity contribution in [3.8, 4) is 11.5 Å². The third-order valence-electron chi connectivity index (χ3n) is 4.77. The van der Waals surface area contributed by atoms with E-state index in [0.29, 0.717) is 28.2 Å². The summed E-state index contributed by atoms with van der Waals surface area (Å²) in [6.07, 6.45) is 2.72. The fourth-order valence-electron chi connectivity index (χ4n) is 3.16. The molecule has 0 radical (unpaired) electrons. The average molecular weight is 458 g/mol. The number of nitro groups is 1. The van der Waals surface area contributed by atoms with Gasteiger partial charge in [0.1, 0.15) is 5.52 Å². The van der Waals surface area contributed by atoms with Crippen LogP contribution in [0.5, 0.6) is 0 Å². The van der Waals surface area contributed by atoms with Crippen molar-refractivity contribution >= 4 is 51.8 Å². The van der Waals surface area contributed by atoms with E-state index in [0.717, 1.165) is 11.1 Å². The molecule has 9 heteroatoms. The van der Waals surface area contributed by atoms with Crippen molar-refractivity contribution in [1.82, 2.24) is 10.3 Å². The van der Waals surface area contributed by atoms with Crippen molar-refractivity contribution in [1.29, 1.82) is 0 Å². The number of benzene rings is 3. The van der Waals surface area contributed by atoms with Crippen LogP contribution in [0.2, 0.25) is 0 Å². The molecule has 1 aromatic heterocycles. The summed E-state index contributed by atoms with van der Waals surface area (Å²) in [6, 6.07) is 19.1. The molecule has 8 nitrogen and oxygen atoms in total. The number of aryl methyl sites for hydroxylation is 1. The third kappa shape index (κ3) is 5.28. The average Bonchev–Trinajstić information content (AvgIpc) is 3.21. The minimum atomic E-state index is -0.494. The van der Waals surface area contributed by atoms with Crippen LogP contribution in [0.25, 0.3) is 28.6 Å². The molecule has 1 heterocycles. The molecule has 1 amide bonds. The lowest BCUT2D eigenvalue weighted by molar-refractivity contribution is -0.384. The van der Waals surface area contributed by atoms with E-state index in [-0.39, 0.29) is 10.8 Å². The fraction of sp³-hybridized carbons (Fsp3) is 0.0417. The summed E-state index contributed by atoms with van der Waals surface area (Å²) >= 11 is 5.21. The Bertz CT molecular complexity index is 1410. The Labute approximate surface area is 194 Å². The highest BCUT2D eigenvalue weighted by Crippen LogP contribution is 2.28. The molecule has 0 saturated carbocycles. The molecular weight excluding hydrogens is 440 g/mol. The summed E-state index contributed by atoms with van der Waals surface area (Å²) in [5.41, 5.74) is 4.38. The monoisotopic (exact) mass is 458 g/mol. The minimum absolute atomic E-state index is 0.0522. The lowest BCUT2D eigenvalue weighted by Gasteiger charge is -2.07. The second-order valence-electron chi connectivity index (χ2n) is 7.15. The smallest absolute Gasteiger partial charge is 0.270 e. The van der Waals surface area contributed by atoms with Crippen LogP contribution in [0.4, 0.5) is 11.4 Å². The van der Waals surface area contributed by atoms with Crippen LogP contribution < -0.4 is 10.6 Å². The third-order valence-corrected chi connectivity index (χ3v) is 4.97. The topological polar surface area (TPSA) is 110 Å². The number of carbonyl (C=O) groups is 1. The maximum atomic E-state index is 12.2. The van der Waals surface area contributed by atoms with Crippen LogP contribution in [-0.4, -0.2) is 20.9 Å². The van der Waals surface area contributed by atoms with Gasteiger partial charge in [0, 0.05) is 29.5 Å². The highest BCUT2D eigenvalue weighted by Gasteiger charge is 2.11. The lowest BCUT2D eigenvalue weighted by atomic mass is 10.1. The second kappa shape index (κ2) is 9.41. The number of nitrogens with zero attached hydrogens (tertiary/aromatic N) is 2. The normalized spacial score (nSPS) is 10.9. The van der Waals surface area contributed by atoms with Gasteiger partial charge in [-0.15, -0.1) is 0 Å². The van der Waals surface area contributed by atoms with Gasteiger partial charge in [0.25, 0.3) is 5.69 Å². The van der Waals surface area contributed by atoms with E-state index in [1.807, 2.05) is 31.2 Å². The number of rotatable bonds is 5. The number of non-ortho nitro benzene ring substituents is 1. The Hall–Kier alpha value is -4.37. The predicted molar refractivity (Wildman–Crippen MR) is 131 cm³/mol. The molecule has 0 aliphatic carbocycles. The maximum Gasteiger partial charge on any atom is 0.270 e. The Morgan fingerprint density at radius 2 is 1.94 bits per heavy atom. The molecule has 164 valence electrons. The molecule has 33 heavy (non-hydrogen) atoms. The highest BCUT2D eigenvalue weighted by atomic mass is 32.1. The van der Waals surface area contributed by atoms with Gasteiger partial charge >= 0.3 is 0 Å². The second-order valence-corrected chi connectivity index (χ2v) is 7.55. The zero-order chi connectivity index (χ0) is 23.4. The molecule has 0 aliphatic rings. The molecule has 0 atom stereocenters. The molecule has 4 aromatic rings. The van der Waals surface area contributed by atoms with E-state index in [4.69, 9.17) is 16.6 Å². The SMILES string of the molecule is Cc1ccccc1-c1nc2cc(NC(=S)NC(=O)/C=C/c3cccc([N+](=O)[O-])c3)ccc2o1. The zero-order valence-corrected chi connectivity index (χ0v) is 18.3.